The summed E-state index contributed by atoms with van der Waals surface area (Å²) in [6.45, 7) is 2.37. The molecule has 0 radical (unpaired) electrons. The molecule has 2 rings (SSSR count). The van der Waals surface area contributed by atoms with Crippen LogP contribution in [0.15, 0.2) is 20.9 Å². The van der Waals surface area contributed by atoms with Gasteiger partial charge in [0.15, 0.2) is 5.78 Å². The average molecular weight is 480 g/mol. The van der Waals surface area contributed by atoms with Gasteiger partial charge in [0.2, 0.25) is 0 Å². The van der Waals surface area contributed by atoms with Crippen LogP contribution in [0, 0.1) is 6.92 Å². The number of aliphatic hydroxyl groups is 1. The summed E-state index contributed by atoms with van der Waals surface area (Å²) in [5, 5.41) is 14.3. The Labute approximate surface area is 199 Å². The molecule has 0 saturated carbocycles. The van der Waals surface area contributed by atoms with Crippen LogP contribution in [0.3, 0.4) is 0 Å². The van der Waals surface area contributed by atoms with Crippen molar-refractivity contribution in [1.29, 1.82) is 0 Å². The monoisotopic (exact) mass is 479 g/mol. The van der Waals surface area contributed by atoms with Crippen LogP contribution >= 0.6 is 0 Å². The van der Waals surface area contributed by atoms with Crippen molar-refractivity contribution in [2.45, 2.75) is 102 Å². The van der Waals surface area contributed by atoms with Gasteiger partial charge in [-0.1, -0.05) is 50.1 Å². The molecule has 1 saturated heterocycles. The first kappa shape index (κ1) is 27.8. The fourth-order valence-corrected chi connectivity index (χ4v) is 4.23. The number of aromatic amines is 1. The molecule has 1 aromatic rings. The Hall–Kier alpha value is -2.46. The molecule has 0 spiro atoms. The lowest BCUT2D eigenvalue weighted by atomic mass is 9.98. The first-order chi connectivity index (χ1) is 16.4. The number of H-pyrrole nitrogens is 1. The van der Waals surface area contributed by atoms with Gasteiger partial charge >= 0.3 is 5.69 Å². The Kier molecular flexibility index (Phi) is 12.0. The molecule has 2 N–H and O–H groups in total. The summed E-state index contributed by atoms with van der Waals surface area (Å²) in [4.78, 5) is 41.3. The molecule has 0 aliphatic carbocycles. The van der Waals surface area contributed by atoms with E-state index in [1.807, 2.05) is 0 Å². The summed E-state index contributed by atoms with van der Waals surface area (Å²) in [5.41, 5.74) is 8.03. The lowest BCUT2D eigenvalue weighted by molar-refractivity contribution is -0.137. The molecule has 1 fully saturated rings. The number of aromatic nitrogens is 2. The maximum atomic E-state index is 12.6. The Balaban J connectivity index is 1.78. The molecular formula is C23H37N5O6. The topological polar surface area (TPSA) is 159 Å². The van der Waals surface area contributed by atoms with E-state index in [0.717, 1.165) is 32.3 Å². The van der Waals surface area contributed by atoms with Gasteiger partial charge in [-0.2, -0.15) is 0 Å². The average Bonchev–Trinajstić information content (AvgIpc) is 3.23. The molecule has 11 nitrogen and oxygen atoms in total. The van der Waals surface area contributed by atoms with Gasteiger partial charge < -0.3 is 14.6 Å². The number of rotatable bonds is 16. The van der Waals surface area contributed by atoms with Gasteiger partial charge in [0.1, 0.15) is 18.4 Å². The second-order valence-electron chi connectivity index (χ2n) is 8.88. The van der Waals surface area contributed by atoms with Gasteiger partial charge in [-0.15, -0.1) is 0 Å². The SMILES string of the molecule is COCCCCCCCCCCCC(=O)C(O)[C@H]1O[C@@H](n2cc(C)c(=O)[nH]c2=O)C[C@@H]1N=[N+]=[N-]. The van der Waals surface area contributed by atoms with E-state index in [1.54, 1.807) is 14.0 Å². The maximum absolute atomic E-state index is 12.6. The number of methoxy groups -OCH3 is 1. The summed E-state index contributed by atoms with van der Waals surface area (Å²) >= 11 is 0. The fraction of sp³-hybridized carbons (Fsp3) is 0.783. The van der Waals surface area contributed by atoms with Crippen LogP contribution in [0.5, 0.6) is 0 Å². The highest BCUT2D eigenvalue weighted by molar-refractivity contribution is 5.83. The first-order valence-electron chi connectivity index (χ1n) is 12.1. The molecule has 11 heteroatoms. The minimum absolute atomic E-state index is 0.107. The quantitative estimate of drug-likeness (QED) is 0.160. The molecule has 2 heterocycles. The molecule has 34 heavy (non-hydrogen) atoms. The number of nitrogens with one attached hydrogen (secondary N) is 1. The summed E-state index contributed by atoms with van der Waals surface area (Å²) in [7, 11) is 1.72. The number of carbonyl (C=O) groups is 1. The summed E-state index contributed by atoms with van der Waals surface area (Å²) in [5.74, 6) is -0.369. The summed E-state index contributed by atoms with van der Waals surface area (Å²) < 4.78 is 12.0. The number of Topliss-reactive ketones (excluding diaryl/α,β-unsaturated/α-hetero) is 1. The van der Waals surface area contributed by atoms with Gasteiger partial charge in [-0.05, 0) is 25.3 Å². The van der Waals surface area contributed by atoms with Crippen molar-refractivity contribution >= 4 is 5.78 Å². The smallest absolute Gasteiger partial charge is 0.330 e. The number of azide groups is 1. The zero-order valence-electron chi connectivity index (χ0n) is 20.1. The molecule has 0 bridgehead atoms. The van der Waals surface area contributed by atoms with Crippen molar-refractivity contribution in [1.82, 2.24) is 9.55 Å². The number of carbonyl (C=O) groups excluding carboxylic acids is 1. The fourth-order valence-electron chi connectivity index (χ4n) is 4.23. The van der Waals surface area contributed by atoms with E-state index in [0.29, 0.717) is 12.0 Å². The third kappa shape index (κ3) is 8.39. The van der Waals surface area contributed by atoms with Crippen molar-refractivity contribution in [3.8, 4) is 0 Å². The van der Waals surface area contributed by atoms with Crippen LogP contribution in [-0.4, -0.2) is 52.4 Å². The van der Waals surface area contributed by atoms with Crippen molar-refractivity contribution in [2.24, 2.45) is 5.11 Å². The number of aryl methyl sites for hydroxylation is 1. The molecule has 190 valence electrons. The van der Waals surface area contributed by atoms with E-state index < -0.39 is 35.7 Å². The van der Waals surface area contributed by atoms with E-state index >= 15 is 0 Å². The van der Waals surface area contributed by atoms with Crippen molar-refractivity contribution in [2.75, 3.05) is 13.7 Å². The largest absolute Gasteiger partial charge is 0.385 e. The molecule has 4 atom stereocenters. The Morgan fingerprint density at radius 2 is 1.85 bits per heavy atom. The lowest BCUT2D eigenvalue weighted by Gasteiger charge is -2.21. The van der Waals surface area contributed by atoms with Crippen molar-refractivity contribution < 1.29 is 19.4 Å². The van der Waals surface area contributed by atoms with E-state index in [9.17, 15) is 19.5 Å². The van der Waals surface area contributed by atoms with Gasteiger partial charge in [0, 0.05) is 43.2 Å². The van der Waals surface area contributed by atoms with Crippen LogP contribution in [0.25, 0.3) is 10.4 Å². The van der Waals surface area contributed by atoms with Gasteiger partial charge in [0.25, 0.3) is 5.56 Å². The summed E-state index contributed by atoms with van der Waals surface area (Å²) in [6, 6.07) is -0.808. The Morgan fingerprint density at radius 3 is 2.47 bits per heavy atom. The first-order valence-corrected chi connectivity index (χ1v) is 12.1. The van der Waals surface area contributed by atoms with Gasteiger partial charge in [-0.3, -0.25) is 19.1 Å². The third-order valence-electron chi connectivity index (χ3n) is 6.21. The molecular weight excluding hydrogens is 442 g/mol. The van der Waals surface area contributed by atoms with Gasteiger partial charge in [0.05, 0.1) is 6.04 Å². The number of aliphatic hydroxyl groups excluding tert-OH is 1. The number of hydrogen-bond acceptors (Lipinski definition) is 7. The molecule has 1 aromatic heterocycles. The number of hydrogen-bond donors (Lipinski definition) is 2. The molecule has 1 unspecified atom stereocenters. The van der Waals surface area contributed by atoms with E-state index in [-0.39, 0.29) is 18.6 Å². The second kappa shape index (κ2) is 14.7. The summed E-state index contributed by atoms with van der Waals surface area (Å²) in [6.07, 6.45) is 7.96. The zero-order chi connectivity index (χ0) is 24.9. The van der Waals surface area contributed by atoms with Crippen LogP contribution in [0.2, 0.25) is 0 Å². The number of nitrogens with zero attached hydrogens (tertiary/aromatic N) is 4. The zero-order valence-corrected chi connectivity index (χ0v) is 20.1. The molecule has 1 aliphatic rings. The molecule has 0 amide bonds. The highest BCUT2D eigenvalue weighted by atomic mass is 16.5. The van der Waals surface area contributed by atoms with E-state index in [1.165, 1.54) is 36.4 Å². The van der Waals surface area contributed by atoms with E-state index in [4.69, 9.17) is 15.0 Å². The third-order valence-corrected chi connectivity index (χ3v) is 6.21. The predicted molar refractivity (Wildman–Crippen MR) is 127 cm³/mol. The Morgan fingerprint density at radius 1 is 1.24 bits per heavy atom. The standard InChI is InChI=1S/C23H37N5O6/c1-16-15-28(23(32)25-22(16)31)19-14-17(26-27-24)21(34-19)20(30)18(29)12-10-8-6-4-3-5-7-9-11-13-33-2/h15,17,19-21,30H,3-14H2,1-2H3,(H,25,31,32)/t17-,19+,20?,21-/m0/s1. The number of ether oxygens (including phenoxy) is 2. The highest BCUT2D eigenvalue weighted by Gasteiger charge is 2.42. The van der Waals surface area contributed by atoms with Crippen LogP contribution in [0.1, 0.15) is 82.4 Å². The highest BCUT2D eigenvalue weighted by Crippen LogP contribution is 2.32. The van der Waals surface area contributed by atoms with Crippen LogP contribution in [-0.2, 0) is 14.3 Å². The minimum Gasteiger partial charge on any atom is -0.385 e. The van der Waals surface area contributed by atoms with Crippen LogP contribution < -0.4 is 11.2 Å². The molecule has 1 aliphatic heterocycles. The van der Waals surface area contributed by atoms with Crippen LogP contribution in [0.4, 0.5) is 0 Å². The maximum Gasteiger partial charge on any atom is 0.330 e. The normalized spacial score (nSPS) is 20.7. The van der Waals surface area contributed by atoms with Gasteiger partial charge in [-0.25, -0.2) is 4.79 Å². The Bertz CT molecular complexity index is 939. The predicted octanol–water partition coefficient (Wildman–Crippen LogP) is 3.29. The number of unbranched alkanes of at least 4 members (excludes halogenated alkanes) is 8. The van der Waals surface area contributed by atoms with E-state index in [2.05, 4.69) is 15.0 Å². The minimum atomic E-state index is -1.45. The van der Waals surface area contributed by atoms with Crippen molar-refractivity contribution in [3.05, 3.63) is 43.0 Å². The van der Waals surface area contributed by atoms with Crippen molar-refractivity contribution in [3.63, 3.8) is 0 Å². The number of ketones is 1. The second-order valence-corrected chi connectivity index (χ2v) is 8.88. The molecule has 0 aromatic carbocycles. The lowest BCUT2D eigenvalue weighted by Crippen LogP contribution is -2.39.